The van der Waals surface area contributed by atoms with Gasteiger partial charge in [-0.05, 0) is 42.2 Å². The number of hydroxylamine groups is 1. The fourth-order valence-electron chi connectivity index (χ4n) is 2.78. The SMILES string of the molecule is CCONCCc1ccc(OCc2ccccc2)c(OCc2ccccc2)c1. The van der Waals surface area contributed by atoms with Crippen LogP contribution in [0.15, 0.2) is 78.9 Å². The van der Waals surface area contributed by atoms with Gasteiger partial charge in [-0.2, -0.15) is 0 Å². The van der Waals surface area contributed by atoms with Gasteiger partial charge in [0.1, 0.15) is 13.2 Å². The van der Waals surface area contributed by atoms with Gasteiger partial charge in [0.25, 0.3) is 0 Å². The Balaban J connectivity index is 1.68. The average molecular weight is 377 g/mol. The van der Waals surface area contributed by atoms with E-state index in [0.717, 1.165) is 35.6 Å². The first-order valence-corrected chi connectivity index (χ1v) is 9.66. The fraction of sp³-hybridized carbons (Fsp3) is 0.250. The van der Waals surface area contributed by atoms with Crippen LogP contribution in [-0.2, 0) is 24.5 Å². The first-order valence-electron chi connectivity index (χ1n) is 9.66. The van der Waals surface area contributed by atoms with Crippen molar-refractivity contribution in [2.75, 3.05) is 13.2 Å². The normalized spacial score (nSPS) is 10.6. The Morgan fingerprint density at radius 3 is 1.89 bits per heavy atom. The molecule has 0 aromatic heterocycles. The van der Waals surface area contributed by atoms with Gasteiger partial charge in [-0.25, -0.2) is 5.48 Å². The van der Waals surface area contributed by atoms with Gasteiger partial charge < -0.3 is 14.3 Å². The summed E-state index contributed by atoms with van der Waals surface area (Å²) in [7, 11) is 0. The van der Waals surface area contributed by atoms with Crippen molar-refractivity contribution in [2.24, 2.45) is 0 Å². The number of hydrogen-bond donors (Lipinski definition) is 1. The Morgan fingerprint density at radius 1 is 0.679 bits per heavy atom. The van der Waals surface area contributed by atoms with E-state index in [1.807, 2.05) is 49.4 Å². The van der Waals surface area contributed by atoms with E-state index in [2.05, 4.69) is 41.9 Å². The van der Waals surface area contributed by atoms with Gasteiger partial charge in [0.05, 0.1) is 6.61 Å². The second-order valence-electron chi connectivity index (χ2n) is 6.41. The molecule has 0 aliphatic rings. The molecule has 3 rings (SSSR count). The quantitative estimate of drug-likeness (QED) is 0.380. The number of nitrogens with one attached hydrogen (secondary N) is 1. The van der Waals surface area contributed by atoms with Gasteiger partial charge in [-0.15, -0.1) is 0 Å². The second-order valence-corrected chi connectivity index (χ2v) is 6.41. The summed E-state index contributed by atoms with van der Waals surface area (Å²) in [6.07, 6.45) is 0.848. The summed E-state index contributed by atoms with van der Waals surface area (Å²) in [5.41, 5.74) is 6.37. The maximum atomic E-state index is 6.10. The highest BCUT2D eigenvalue weighted by atomic mass is 16.6. The van der Waals surface area contributed by atoms with E-state index in [0.29, 0.717) is 19.8 Å². The molecule has 0 fully saturated rings. The zero-order valence-electron chi connectivity index (χ0n) is 16.3. The van der Waals surface area contributed by atoms with Crippen LogP contribution in [0.5, 0.6) is 11.5 Å². The number of benzene rings is 3. The fourth-order valence-corrected chi connectivity index (χ4v) is 2.78. The molecular formula is C24H27NO3. The first-order chi connectivity index (χ1) is 13.8. The van der Waals surface area contributed by atoms with Crippen LogP contribution < -0.4 is 15.0 Å². The summed E-state index contributed by atoms with van der Waals surface area (Å²) >= 11 is 0. The van der Waals surface area contributed by atoms with Crippen LogP contribution in [0.4, 0.5) is 0 Å². The lowest BCUT2D eigenvalue weighted by atomic mass is 10.1. The standard InChI is InChI=1S/C24H27NO3/c1-2-28-25-16-15-20-13-14-23(26-18-21-9-5-3-6-10-21)24(17-20)27-19-22-11-7-4-8-12-22/h3-14,17,25H,2,15-16,18-19H2,1H3. The zero-order chi connectivity index (χ0) is 19.4. The lowest BCUT2D eigenvalue weighted by Crippen LogP contribution is -2.17. The predicted molar refractivity (Wildman–Crippen MR) is 111 cm³/mol. The minimum absolute atomic E-state index is 0.503. The van der Waals surface area contributed by atoms with Gasteiger partial charge in [0.15, 0.2) is 11.5 Å². The zero-order valence-corrected chi connectivity index (χ0v) is 16.3. The summed E-state index contributed by atoms with van der Waals surface area (Å²) in [6, 6.07) is 26.4. The smallest absolute Gasteiger partial charge is 0.161 e. The van der Waals surface area contributed by atoms with Gasteiger partial charge in [0, 0.05) is 6.54 Å². The molecule has 0 atom stereocenters. The van der Waals surface area contributed by atoms with Crippen molar-refractivity contribution in [1.82, 2.24) is 5.48 Å². The average Bonchev–Trinajstić information content (AvgIpc) is 2.76. The highest BCUT2D eigenvalue weighted by Gasteiger charge is 2.08. The molecule has 0 radical (unpaired) electrons. The molecule has 3 aromatic carbocycles. The lowest BCUT2D eigenvalue weighted by molar-refractivity contribution is 0.0518. The van der Waals surface area contributed by atoms with Crippen molar-refractivity contribution in [3.8, 4) is 11.5 Å². The van der Waals surface area contributed by atoms with Crippen LogP contribution >= 0.6 is 0 Å². The Kier molecular flexibility index (Phi) is 7.91. The molecule has 0 aliphatic heterocycles. The van der Waals surface area contributed by atoms with Crippen molar-refractivity contribution in [2.45, 2.75) is 26.6 Å². The van der Waals surface area contributed by atoms with E-state index in [4.69, 9.17) is 14.3 Å². The molecule has 0 heterocycles. The summed E-state index contributed by atoms with van der Waals surface area (Å²) in [4.78, 5) is 5.20. The summed E-state index contributed by atoms with van der Waals surface area (Å²) in [5.74, 6) is 1.51. The van der Waals surface area contributed by atoms with Crippen molar-refractivity contribution >= 4 is 0 Å². The molecule has 0 unspecified atom stereocenters. The molecule has 4 heteroatoms. The topological polar surface area (TPSA) is 39.7 Å². The number of hydrogen-bond acceptors (Lipinski definition) is 4. The van der Waals surface area contributed by atoms with Crippen LogP contribution in [-0.4, -0.2) is 13.2 Å². The summed E-state index contributed by atoms with van der Waals surface area (Å²) in [5, 5.41) is 0. The Morgan fingerprint density at radius 2 is 1.29 bits per heavy atom. The largest absolute Gasteiger partial charge is 0.485 e. The maximum Gasteiger partial charge on any atom is 0.161 e. The van der Waals surface area contributed by atoms with Crippen LogP contribution in [0.3, 0.4) is 0 Å². The molecule has 0 bridgehead atoms. The van der Waals surface area contributed by atoms with Gasteiger partial charge in [-0.3, -0.25) is 0 Å². The van der Waals surface area contributed by atoms with E-state index in [9.17, 15) is 0 Å². The molecule has 0 amide bonds. The van der Waals surface area contributed by atoms with Crippen molar-refractivity contribution in [3.05, 3.63) is 95.6 Å². The Bertz CT molecular complexity index is 822. The second kappa shape index (κ2) is 11.1. The lowest BCUT2D eigenvalue weighted by Gasteiger charge is -2.15. The number of rotatable bonds is 11. The van der Waals surface area contributed by atoms with E-state index in [-0.39, 0.29) is 0 Å². The highest BCUT2D eigenvalue weighted by molar-refractivity contribution is 5.43. The van der Waals surface area contributed by atoms with Crippen molar-refractivity contribution < 1.29 is 14.3 Å². The van der Waals surface area contributed by atoms with Gasteiger partial charge in [0.2, 0.25) is 0 Å². The van der Waals surface area contributed by atoms with E-state index < -0.39 is 0 Å². The van der Waals surface area contributed by atoms with Crippen LogP contribution in [0, 0.1) is 0 Å². The highest BCUT2D eigenvalue weighted by Crippen LogP contribution is 2.30. The summed E-state index contributed by atoms with van der Waals surface area (Å²) < 4.78 is 12.1. The minimum Gasteiger partial charge on any atom is -0.485 e. The van der Waals surface area contributed by atoms with Crippen molar-refractivity contribution in [1.29, 1.82) is 0 Å². The Hall–Kier alpha value is -2.82. The molecule has 0 saturated carbocycles. The maximum absolute atomic E-state index is 6.10. The molecule has 4 nitrogen and oxygen atoms in total. The molecular weight excluding hydrogens is 350 g/mol. The van der Waals surface area contributed by atoms with Crippen LogP contribution in [0.25, 0.3) is 0 Å². The molecule has 3 aromatic rings. The van der Waals surface area contributed by atoms with E-state index in [1.165, 1.54) is 5.56 Å². The molecule has 0 saturated heterocycles. The first kappa shape index (κ1) is 19.9. The van der Waals surface area contributed by atoms with Crippen LogP contribution in [0.2, 0.25) is 0 Å². The predicted octanol–water partition coefficient (Wildman–Crippen LogP) is 4.93. The van der Waals surface area contributed by atoms with Gasteiger partial charge in [-0.1, -0.05) is 66.7 Å². The number of ether oxygens (including phenoxy) is 2. The molecule has 0 aliphatic carbocycles. The third-order valence-electron chi connectivity index (χ3n) is 4.24. The molecule has 28 heavy (non-hydrogen) atoms. The van der Waals surface area contributed by atoms with E-state index in [1.54, 1.807) is 0 Å². The molecule has 146 valence electrons. The monoisotopic (exact) mass is 377 g/mol. The Labute approximate surface area is 167 Å². The minimum atomic E-state index is 0.503. The van der Waals surface area contributed by atoms with Crippen LogP contribution in [0.1, 0.15) is 23.6 Å². The third kappa shape index (κ3) is 6.41. The van der Waals surface area contributed by atoms with E-state index >= 15 is 0 Å². The molecule has 0 spiro atoms. The van der Waals surface area contributed by atoms with Crippen molar-refractivity contribution in [3.63, 3.8) is 0 Å². The third-order valence-corrected chi connectivity index (χ3v) is 4.24. The summed E-state index contributed by atoms with van der Waals surface area (Å²) in [6.45, 7) is 4.37. The molecule has 1 N–H and O–H groups in total. The van der Waals surface area contributed by atoms with Gasteiger partial charge >= 0.3 is 0 Å².